The molecule has 0 bridgehead atoms. The van der Waals surface area contributed by atoms with Crippen molar-refractivity contribution in [3.63, 3.8) is 0 Å². The van der Waals surface area contributed by atoms with Crippen molar-refractivity contribution < 1.29 is 14.3 Å². The third-order valence-electron chi connectivity index (χ3n) is 11.8. The van der Waals surface area contributed by atoms with Crippen LogP contribution < -0.4 is 0 Å². The number of pyridine rings is 1. The highest BCUT2D eigenvalue weighted by Crippen LogP contribution is 2.68. The van der Waals surface area contributed by atoms with E-state index in [2.05, 4.69) is 55.5 Å². The number of hydrogen-bond acceptors (Lipinski definition) is 4. The number of fused-ring (bicyclic) bond motifs is 5. The monoisotopic (exact) mass is 585 g/mol. The zero-order valence-electron chi connectivity index (χ0n) is 24.2. The summed E-state index contributed by atoms with van der Waals surface area (Å²) < 4.78 is 6.62. The van der Waals surface area contributed by atoms with Gasteiger partial charge in [-0.05, 0) is 119 Å². The molecule has 1 heterocycles. The second-order valence-electron chi connectivity index (χ2n) is 14.3. The third kappa shape index (κ3) is 5.15. The summed E-state index contributed by atoms with van der Waals surface area (Å²) in [4.78, 5) is 30.7. The van der Waals surface area contributed by atoms with Gasteiger partial charge in [0.15, 0.2) is 0 Å². The molecular formula is C33H48BrNO3. The number of carbonyl (C=O) groups is 2. The highest BCUT2D eigenvalue weighted by atomic mass is 79.9. The summed E-state index contributed by atoms with van der Waals surface area (Å²) in [7, 11) is 0. The Morgan fingerprint density at radius 1 is 1.05 bits per heavy atom. The summed E-state index contributed by atoms with van der Waals surface area (Å²) in [5.74, 6) is 4.40. The summed E-state index contributed by atoms with van der Waals surface area (Å²) in [5.41, 5.74) is 0.912. The lowest BCUT2D eigenvalue weighted by Gasteiger charge is -2.60. The van der Waals surface area contributed by atoms with Crippen LogP contribution in [0.5, 0.6) is 0 Å². The van der Waals surface area contributed by atoms with Gasteiger partial charge in [-0.3, -0.25) is 4.79 Å². The van der Waals surface area contributed by atoms with Crippen molar-refractivity contribution in [2.75, 3.05) is 0 Å². The van der Waals surface area contributed by atoms with Gasteiger partial charge in [0, 0.05) is 18.5 Å². The van der Waals surface area contributed by atoms with Gasteiger partial charge in [0.25, 0.3) is 0 Å². The van der Waals surface area contributed by atoms with Crippen LogP contribution in [0.25, 0.3) is 0 Å². The van der Waals surface area contributed by atoms with Gasteiger partial charge in [-0.2, -0.15) is 0 Å². The van der Waals surface area contributed by atoms with Crippen molar-refractivity contribution in [1.82, 2.24) is 4.98 Å². The van der Waals surface area contributed by atoms with Crippen molar-refractivity contribution in [1.29, 1.82) is 0 Å². The number of nitrogens with zero attached hydrogens (tertiary/aromatic N) is 1. The Bertz CT molecular complexity index is 1020. The molecule has 0 aliphatic heterocycles. The smallest absolute Gasteiger partial charge is 0.339 e. The van der Waals surface area contributed by atoms with Crippen molar-refractivity contribution in [3.05, 3.63) is 28.5 Å². The fraction of sp³-hybridized carbons (Fsp3) is 0.788. The summed E-state index contributed by atoms with van der Waals surface area (Å²) in [6, 6.07) is 3.50. The highest BCUT2D eigenvalue weighted by Gasteiger charge is 2.62. The molecule has 38 heavy (non-hydrogen) atoms. The molecule has 0 N–H and O–H groups in total. The van der Waals surface area contributed by atoms with Gasteiger partial charge in [0.1, 0.15) is 16.5 Å². The average Bonchev–Trinajstić information content (AvgIpc) is 3.22. The quantitative estimate of drug-likeness (QED) is 0.237. The molecule has 4 nitrogen and oxygen atoms in total. The van der Waals surface area contributed by atoms with Crippen molar-refractivity contribution >= 4 is 27.7 Å². The van der Waals surface area contributed by atoms with Crippen molar-refractivity contribution in [2.24, 2.45) is 52.3 Å². The normalized spacial score (nSPS) is 39.3. The molecule has 0 unspecified atom stereocenters. The molecule has 210 valence electrons. The first kappa shape index (κ1) is 28.3. The number of aromatic nitrogens is 1. The van der Waals surface area contributed by atoms with Gasteiger partial charge in [-0.15, -0.1) is 0 Å². The number of carbonyl (C=O) groups excluding carboxylic acids is 2. The first-order chi connectivity index (χ1) is 18.0. The molecule has 0 aromatic carbocycles. The maximum Gasteiger partial charge on any atom is 0.339 e. The van der Waals surface area contributed by atoms with Crippen LogP contribution in [-0.4, -0.2) is 22.8 Å². The minimum atomic E-state index is -0.326. The largest absolute Gasteiger partial charge is 0.459 e. The Hall–Kier alpha value is -1.23. The highest BCUT2D eigenvalue weighted by molar-refractivity contribution is 9.10. The molecular weight excluding hydrogens is 538 g/mol. The zero-order chi connectivity index (χ0) is 27.2. The predicted octanol–water partition coefficient (Wildman–Crippen LogP) is 8.67. The first-order valence-electron chi connectivity index (χ1n) is 15.4. The molecule has 0 radical (unpaired) electrons. The molecule has 1 aromatic heterocycles. The average molecular weight is 587 g/mol. The van der Waals surface area contributed by atoms with E-state index in [0.717, 1.165) is 37.0 Å². The molecule has 5 heteroatoms. The van der Waals surface area contributed by atoms with Crippen LogP contribution in [0.4, 0.5) is 0 Å². The topological polar surface area (TPSA) is 56.3 Å². The Balaban J connectivity index is 1.25. The van der Waals surface area contributed by atoms with Crippen LogP contribution in [0.3, 0.4) is 0 Å². The molecule has 5 rings (SSSR count). The lowest BCUT2D eigenvalue weighted by atomic mass is 9.44. The van der Waals surface area contributed by atoms with E-state index in [-0.39, 0.29) is 23.4 Å². The van der Waals surface area contributed by atoms with E-state index >= 15 is 0 Å². The summed E-state index contributed by atoms with van der Waals surface area (Å²) in [6.07, 6.45) is 13.9. The lowest BCUT2D eigenvalue weighted by Crippen LogP contribution is -2.57. The number of ether oxygens (including phenoxy) is 1. The van der Waals surface area contributed by atoms with Crippen molar-refractivity contribution in [2.45, 2.75) is 111 Å². The predicted molar refractivity (Wildman–Crippen MR) is 155 cm³/mol. The number of Topliss-reactive ketones (excluding diaryl/α,β-unsaturated/α-hetero) is 1. The Labute approximate surface area is 238 Å². The van der Waals surface area contributed by atoms with Gasteiger partial charge in [0.05, 0.1) is 5.56 Å². The molecule has 1 aromatic rings. The van der Waals surface area contributed by atoms with E-state index in [1.165, 1.54) is 44.9 Å². The van der Waals surface area contributed by atoms with E-state index in [1.54, 1.807) is 18.3 Å². The summed E-state index contributed by atoms with van der Waals surface area (Å²) in [6.45, 7) is 12.2. The Morgan fingerprint density at radius 2 is 1.79 bits per heavy atom. The summed E-state index contributed by atoms with van der Waals surface area (Å²) >= 11 is 3.32. The maximum absolute atomic E-state index is 13.8. The molecule has 4 aliphatic rings. The molecule has 4 aliphatic carbocycles. The van der Waals surface area contributed by atoms with Crippen LogP contribution in [0.15, 0.2) is 22.9 Å². The van der Waals surface area contributed by atoms with E-state index in [4.69, 9.17) is 4.74 Å². The molecule has 9 atom stereocenters. The molecule has 4 saturated carbocycles. The number of ketones is 1. The second-order valence-corrected chi connectivity index (χ2v) is 15.1. The second kappa shape index (κ2) is 11.0. The molecule has 0 saturated heterocycles. The molecule has 4 fully saturated rings. The lowest BCUT2D eigenvalue weighted by molar-refractivity contribution is -0.160. The van der Waals surface area contributed by atoms with Crippen molar-refractivity contribution in [3.8, 4) is 0 Å². The Kier molecular flexibility index (Phi) is 8.18. The van der Waals surface area contributed by atoms with E-state index < -0.39 is 0 Å². The zero-order valence-corrected chi connectivity index (χ0v) is 25.8. The van der Waals surface area contributed by atoms with Gasteiger partial charge < -0.3 is 4.74 Å². The van der Waals surface area contributed by atoms with Gasteiger partial charge in [-0.25, -0.2) is 9.78 Å². The SMILES string of the molecule is CC(C)CCC[C@@H](C)[C@H]1CC[C@H]2[C@@H]3CC(=O)[C@H]4C[C@@H](OC(=O)c5ccc(Br)nc5)CC[C@]4(C)[C@H]3CC[C@]12C. The van der Waals surface area contributed by atoms with Gasteiger partial charge >= 0.3 is 5.97 Å². The van der Waals surface area contributed by atoms with E-state index in [1.807, 2.05) is 0 Å². The fourth-order valence-corrected chi connectivity index (χ4v) is 10.1. The minimum absolute atomic E-state index is 0.0230. The van der Waals surface area contributed by atoms with E-state index in [0.29, 0.717) is 45.5 Å². The minimum Gasteiger partial charge on any atom is -0.459 e. The number of halogens is 1. The fourth-order valence-electron chi connectivity index (χ4n) is 9.85. The summed E-state index contributed by atoms with van der Waals surface area (Å²) in [5, 5.41) is 0. The molecule has 0 amide bonds. The van der Waals surface area contributed by atoms with Gasteiger partial charge in [0.2, 0.25) is 0 Å². The number of rotatable bonds is 7. The number of hydrogen-bond donors (Lipinski definition) is 0. The van der Waals surface area contributed by atoms with Gasteiger partial charge in [-0.1, -0.05) is 53.9 Å². The third-order valence-corrected chi connectivity index (χ3v) is 12.3. The van der Waals surface area contributed by atoms with Crippen LogP contribution >= 0.6 is 15.9 Å². The molecule has 0 spiro atoms. The Morgan fingerprint density at radius 3 is 2.50 bits per heavy atom. The standard InChI is InChI=1S/C33H48BrNO3/c1-20(2)7-6-8-21(3)25-10-11-26-24-18-29(36)28-17-23(38-31(37)22-9-12-30(34)35-19-22)13-15-33(28,5)27(24)14-16-32(25,26)4/h9,12,19-21,23-28H,6-8,10-11,13-18H2,1-5H3/t21-,23+,24+,25-,26+,27+,28-,32-,33-/m1/s1. The number of esters is 1. The van der Waals surface area contributed by atoms with Crippen LogP contribution in [0.1, 0.15) is 116 Å². The maximum atomic E-state index is 13.8. The van der Waals surface area contributed by atoms with E-state index in [9.17, 15) is 9.59 Å². The van der Waals surface area contributed by atoms with Crippen LogP contribution in [-0.2, 0) is 9.53 Å². The van der Waals surface area contributed by atoms with Crippen LogP contribution in [0.2, 0.25) is 0 Å². The first-order valence-corrected chi connectivity index (χ1v) is 16.2. The van der Waals surface area contributed by atoms with Crippen LogP contribution in [0, 0.1) is 52.3 Å².